The lowest BCUT2D eigenvalue weighted by molar-refractivity contribution is 1.53. The fourth-order valence-electron chi connectivity index (χ4n) is 1.30. The highest BCUT2D eigenvalue weighted by molar-refractivity contribution is 5.85. The third-order valence-corrected chi connectivity index (χ3v) is 1.92. The summed E-state index contributed by atoms with van der Waals surface area (Å²) < 4.78 is 7.66. The van der Waals surface area contributed by atoms with E-state index in [1.54, 1.807) is 0 Å². The molecule has 11 heavy (non-hydrogen) atoms. The number of fused-ring (bicyclic) bond motifs is 1. The summed E-state index contributed by atoms with van der Waals surface area (Å²) in [5.74, 6) is 0. The zero-order chi connectivity index (χ0) is 8.55. The molecule has 0 aromatic heterocycles. The van der Waals surface area contributed by atoms with Gasteiger partial charge in [-0.2, -0.15) is 0 Å². The predicted molar refractivity (Wildman–Crippen MR) is 48.7 cm³/mol. The highest BCUT2D eigenvalue weighted by Gasteiger charge is 1.91. The van der Waals surface area contributed by atoms with Gasteiger partial charge in [0.05, 0.1) is 1.37 Å². The molecule has 0 amide bonds. The van der Waals surface area contributed by atoms with Crippen LogP contribution in [-0.2, 0) is 0 Å². The van der Waals surface area contributed by atoms with Crippen LogP contribution in [0.2, 0.25) is 0 Å². The normalized spacial score (nSPS) is 11.5. The third kappa shape index (κ3) is 1.01. The number of hydrogen-bond donors (Lipinski definition) is 0. The highest BCUT2D eigenvalue weighted by atomic mass is 14.0. The first-order chi connectivity index (χ1) is 5.79. The minimum atomic E-state index is 0.608. The molecule has 2 rings (SSSR count). The maximum atomic E-state index is 7.66. The molecule has 0 aliphatic carbocycles. The Morgan fingerprint density at radius 2 is 1.91 bits per heavy atom. The van der Waals surface area contributed by atoms with E-state index in [4.69, 9.17) is 1.37 Å². The zero-order valence-corrected chi connectivity index (χ0v) is 6.46. The van der Waals surface area contributed by atoms with Crippen LogP contribution in [0.5, 0.6) is 0 Å². The first-order valence-corrected chi connectivity index (χ1v) is 3.74. The van der Waals surface area contributed by atoms with Gasteiger partial charge in [-0.05, 0) is 23.3 Å². The molecule has 54 valence electrons. The zero-order valence-electron chi connectivity index (χ0n) is 7.46. The standard InChI is InChI=1S/C11H10/c1-9-5-4-7-10-6-2-3-8-11(9)10/h2-8H,1H3/i7D. The Morgan fingerprint density at radius 3 is 2.73 bits per heavy atom. The molecule has 0 aliphatic rings. The van der Waals surface area contributed by atoms with Crippen LogP contribution < -0.4 is 0 Å². The Bertz CT molecular complexity index is 378. The van der Waals surface area contributed by atoms with E-state index in [1.807, 2.05) is 30.3 Å². The summed E-state index contributed by atoms with van der Waals surface area (Å²) in [6.07, 6.45) is 0. The van der Waals surface area contributed by atoms with Gasteiger partial charge in [0.25, 0.3) is 0 Å². The number of rotatable bonds is 0. The fourth-order valence-corrected chi connectivity index (χ4v) is 1.30. The maximum Gasteiger partial charge on any atom is 0.0629 e. The van der Waals surface area contributed by atoms with Crippen LogP contribution in [0.3, 0.4) is 0 Å². The van der Waals surface area contributed by atoms with Crippen molar-refractivity contribution in [1.82, 2.24) is 0 Å². The lowest BCUT2D eigenvalue weighted by atomic mass is 10.1. The van der Waals surface area contributed by atoms with Crippen molar-refractivity contribution in [2.24, 2.45) is 0 Å². The third-order valence-electron chi connectivity index (χ3n) is 1.92. The van der Waals surface area contributed by atoms with E-state index in [2.05, 4.69) is 13.0 Å². The van der Waals surface area contributed by atoms with Crippen LogP contribution >= 0.6 is 0 Å². The largest absolute Gasteiger partial charge is 0.0629 e. The second-order valence-corrected chi connectivity index (χ2v) is 2.71. The second kappa shape index (κ2) is 2.39. The number of benzene rings is 2. The van der Waals surface area contributed by atoms with E-state index in [-0.39, 0.29) is 0 Å². The van der Waals surface area contributed by atoms with Gasteiger partial charge >= 0.3 is 0 Å². The Balaban J connectivity index is 2.95. The van der Waals surface area contributed by atoms with Crippen molar-refractivity contribution < 1.29 is 1.37 Å². The summed E-state index contributed by atoms with van der Waals surface area (Å²) in [6, 6.07) is 12.5. The topological polar surface area (TPSA) is 0 Å². The van der Waals surface area contributed by atoms with Crippen molar-refractivity contribution >= 4 is 10.8 Å². The van der Waals surface area contributed by atoms with Crippen LogP contribution in [0, 0.1) is 6.92 Å². The van der Waals surface area contributed by atoms with Gasteiger partial charge < -0.3 is 0 Å². The lowest BCUT2D eigenvalue weighted by Crippen LogP contribution is -1.75. The average Bonchev–Trinajstić information content (AvgIpc) is 2.12. The molecule has 0 nitrogen and oxygen atoms in total. The molecule has 0 heteroatoms. The van der Waals surface area contributed by atoms with Crippen molar-refractivity contribution in [3.63, 3.8) is 0 Å². The summed E-state index contributed by atoms with van der Waals surface area (Å²) in [7, 11) is 0. The SMILES string of the molecule is [2H]c1ccc(C)c2ccccc12. The van der Waals surface area contributed by atoms with Gasteiger partial charge in [-0.1, -0.05) is 42.4 Å². The first kappa shape index (κ1) is 5.36. The molecule has 0 fully saturated rings. The van der Waals surface area contributed by atoms with Crippen molar-refractivity contribution in [1.29, 1.82) is 0 Å². The quantitative estimate of drug-likeness (QED) is 0.531. The van der Waals surface area contributed by atoms with Gasteiger partial charge in [-0.25, -0.2) is 0 Å². The molecule has 0 bridgehead atoms. The van der Waals surface area contributed by atoms with E-state index < -0.39 is 0 Å². The van der Waals surface area contributed by atoms with Gasteiger partial charge in [0.2, 0.25) is 0 Å². The molecule has 0 saturated heterocycles. The van der Waals surface area contributed by atoms with E-state index in [0.717, 1.165) is 5.39 Å². The van der Waals surface area contributed by atoms with Crippen LogP contribution in [0.1, 0.15) is 6.93 Å². The van der Waals surface area contributed by atoms with Gasteiger partial charge in [0.15, 0.2) is 0 Å². The molecule has 2 aromatic carbocycles. The molecule has 0 aliphatic heterocycles. The Morgan fingerprint density at radius 1 is 1.09 bits per heavy atom. The molecule has 0 radical (unpaired) electrons. The first-order valence-electron chi connectivity index (χ1n) is 4.24. The van der Waals surface area contributed by atoms with Gasteiger partial charge in [0, 0.05) is 0 Å². The van der Waals surface area contributed by atoms with Crippen molar-refractivity contribution in [2.45, 2.75) is 6.92 Å². The van der Waals surface area contributed by atoms with Crippen molar-refractivity contribution in [3.05, 3.63) is 48.0 Å². The van der Waals surface area contributed by atoms with Crippen LogP contribution in [0.25, 0.3) is 10.8 Å². The summed E-state index contributed by atoms with van der Waals surface area (Å²) in [5, 5.41) is 2.22. The molecule has 0 unspecified atom stereocenters. The summed E-state index contributed by atoms with van der Waals surface area (Å²) in [5.41, 5.74) is 1.24. The van der Waals surface area contributed by atoms with Crippen molar-refractivity contribution in [2.75, 3.05) is 0 Å². The minimum Gasteiger partial charge on any atom is -0.0616 e. The molecule has 2 aromatic rings. The Labute approximate surface area is 67.9 Å². The fraction of sp³-hybridized carbons (Fsp3) is 0.0909. The van der Waals surface area contributed by atoms with Crippen LogP contribution in [0.4, 0.5) is 0 Å². The monoisotopic (exact) mass is 143 g/mol. The molecular formula is C11H10. The van der Waals surface area contributed by atoms with Crippen LogP contribution in [0.15, 0.2) is 42.4 Å². The summed E-state index contributed by atoms with van der Waals surface area (Å²) in [6.45, 7) is 2.07. The summed E-state index contributed by atoms with van der Waals surface area (Å²) in [4.78, 5) is 0. The lowest BCUT2D eigenvalue weighted by Gasteiger charge is -1.98. The van der Waals surface area contributed by atoms with E-state index in [9.17, 15) is 0 Å². The number of aryl methyl sites for hydroxylation is 1. The van der Waals surface area contributed by atoms with E-state index >= 15 is 0 Å². The maximum absolute atomic E-state index is 7.66. The van der Waals surface area contributed by atoms with Gasteiger partial charge in [-0.3, -0.25) is 0 Å². The number of hydrogen-bond acceptors (Lipinski definition) is 0. The Hall–Kier alpha value is -1.30. The van der Waals surface area contributed by atoms with Crippen LogP contribution in [-0.4, -0.2) is 0 Å². The van der Waals surface area contributed by atoms with Gasteiger partial charge in [0.1, 0.15) is 0 Å². The molecule has 0 saturated carbocycles. The minimum absolute atomic E-state index is 0.608. The molecule has 0 atom stereocenters. The second-order valence-electron chi connectivity index (χ2n) is 2.71. The smallest absolute Gasteiger partial charge is 0.0616 e. The van der Waals surface area contributed by atoms with E-state index in [0.29, 0.717) is 6.04 Å². The van der Waals surface area contributed by atoms with Gasteiger partial charge in [-0.15, -0.1) is 0 Å². The van der Waals surface area contributed by atoms with Crippen molar-refractivity contribution in [3.8, 4) is 0 Å². The highest BCUT2D eigenvalue weighted by Crippen LogP contribution is 2.16. The molecular weight excluding hydrogens is 132 g/mol. The molecule has 0 spiro atoms. The molecule has 0 heterocycles. The van der Waals surface area contributed by atoms with E-state index in [1.165, 1.54) is 10.9 Å². The average molecular weight is 143 g/mol. The Kier molecular flexibility index (Phi) is 1.16. The summed E-state index contributed by atoms with van der Waals surface area (Å²) >= 11 is 0. The molecule has 0 N–H and O–H groups in total. The predicted octanol–water partition coefficient (Wildman–Crippen LogP) is 3.15.